The third kappa shape index (κ3) is 7.85. The Bertz CT molecular complexity index is 923. The van der Waals surface area contributed by atoms with Gasteiger partial charge in [-0.05, 0) is 77.4 Å². The zero-order valence-corrected chi connectivity index (χ0v) is 18.9. The lowest BCUT2D eigenvalue weighted by molar-refractivity contribution is -0.157. The zero-order chi connectivity index (χ0) is 23.4. The average Bonchev–Trinajstić information content (AvgIpc) is 2.62. The van der Waals surface area contributed by atoms with E-state index in [1.54, 1.807) is 20.8 Å². The third-order valence-electron chi connectivity index (χ3n) is 4.02. The van der Waals surface area contributed by atoms with Gasteiger partial charge in [-0.2, -0.15) is 0 Å². The number of carbonyl (C=O) groups is 2. The van der Waals surface area contributed by atoms with Crippen molar-refractivity contribution in [2.45, 2.75) is 65.2 Å². The van der Waals surface area contributed by atoms with Gasteiger partial charge < -0.3 is 25.0 Å². The summed E-state index contributed by atoms with van der Waals surface area (Å²) in [5, 5.41) is 21.8. The smallest absolute Gasteiger partial charge is 0.329 e. The summed E-state index contributed by atoms with van der Waals surface area (Å²) in [5.74, 6) is -1.19. The van der Waals surface area contributed by atoms with E-state index in [-0.39, 0.29) is 23.3 Å². The molecule has 0 spiro atoms. The molecule has 0 heterocycles. The molecule has 0 unspecified atom stereocenters. The van der Waals surface area contributed by atoms with Crippen molar-refractivity contribution in [1.29, 1.82) is 0 Å². The van der Waals surface area contributed by atoms with Crippen molar-refractivity contribution in [3.05, 3.63) is 53.6 Å². The minimum absolute atomic E-state index is 0.109. The Kier molecular flexibility index (Phi) is 7.21. The van der Waals surface area contributed by atoms with E-state index in [1.807, 2.05) is 45.0 Å². The standard InChI is InChI=1S/C24H31NO6/c1-23(2,3)30-17-10-7-15(8-11-17)13-18(22(29)31-24(4,5)6)25-21(28)16-9-12-19(26)20(27)14-16/h7-12,14,18,26-27H,13H2,1-6H3,(H,25,28)/t18-/m0/s1. The number of benzene rings is 2. The van der Waals surface area contributed by atoms with Crippen LogP contribution in [0, 0.1) is 0 Å². The Morgan fingerprint density at radius 1 is 0.903 bits per heavy atom. The molecule has 2 aromatic carbocycles. The van der Waals surface area contributed by atoms with Crippen LogP contribution in [0.25, 0.3) is 0 Å². The van der Waals surface area contributed by atoms with E-state index in [0.717, 1.165) is 11.6 Å². The quantitative estimate of drug-likeness (QED) is 0.474. The van der Waals surface area contributed by atoms with Crippen molar-refractivity contribution >= 4 is 11.9 Å². The van der Waals surface area contributed by atoms with Crippen molar-refractivity contribution in [3.8, 4) is 17.2 Å². The molecule has 7 heteroatoms. The lowest BCUT2D eigenvalue weighted by Crippen LogP contribution is -2.45. The van der Waals surface area contributed by atoms with Gasteiger partial charge >= 0.3 is 5.97 Å². The molecule has 7 nitrogen and oxygen atoms in total. The van der Waals surface area contributed by atoms with Crippen LogP contribution < -0.4 is 10.1 Å². The van der Waals surface area contributed by atoms with Crippen LogP contribution in [-0.2, 0) is 16.0 Å². The molecular formula is C24H31NO6. The Morgan fingerprint density at radius 3 is 2.03 bits per heavy atom. The number of esters is 1. The second kappa shape index (κ2) is 9.29. The number of phenols is 2. The van der Waals surface area contributed by atoms with Gasteiger partial charge in [-0.25, -0.2) is 4.79 Å². The fourth-order valence-electron chi connectivity index (χ4n) is 2.76. The summed E-state index contributed by atoms with van der Waals surface area (Å²) in [6, 6.07) is 10.0. The molecule has 1 atom stereocenters. The van der Waals surface area contributed by atoms with Crippen LogP contribution in [-0.4, -0.2) is 39.3 Å². The van der Waals surface area contributed by atoms with E-state index >= 15 is 0 Å². The van der Waals surface area contributed by atoms with Crippen LogP contribution in [0.3, 0.4) is 0 Å². The molecule has 1 amide bonds. The summed E-state index contributed by atoms with van der Waals surface area (Å²) in [6.07, 6.45) is 0.209. The predicted molar refractivity (Wildman–Crippen MR) is 117 cm³/mol. The maximum absolute atomic E-state index is 12.8. The zero-order valence-electron chi connectivity index (χ0n) is 18.9. The second-order valence-corrected chi connectivity index (χ2v) is 9.33. The van der Waals surface area contributed by atoms with Crippen molar-refractivity contribution in [2.75, 3.05) is 0 Å². The number of hydrogen-bond acceptors (Lipinski definition) is 6. The van der Waals surface area contributed by atoms with Gasteiger partial charge in [0.05, 0.1) is 0 Å². The summed E-state index contributed by atoms with van der Waals surface area (Å²) in [7, 11) is 0. The maximum Gasteiger partial charge on any atom is 0.329 e. The van der Waals surface area contributed by atoms with Crippen molar-refractivity contribution in [1.82, 2.24) is 5.32 Å². The van der Waals surface area contributed by atoms with Crippen LogP contribution in [0.2, 0.25) is 0 Å². The topological polar surface area (TPSA) is 105 Å². The monoisotopic (exact) mass is 429 g/mol. The fourth-order valence-corrected chi connectivity index (χ4v) is 2.76. The molecule has 2 rings (SSSR count). The molecule has 0 aliphatic rings. The predicted octanol–water partition coefficient (Wildman–Crippen LogP) is 3.96. The van der Waals surface area contributed by atoms with Gasteiger partial charge in [-0.1, -0.05) is 12.1 Å². The minimum Gasteiger partial charge on any atom is -0.504 e. The van der Waals surface area contributed by atoms with Crippen LogP contribution >= 0.6 is 0 Å². The third-order valence-corrected chi connectivity index (χ3v) is 4.02. The number of rotatable bonds is 6. The molecule has 0 bridgehead atoms. The fraction of sp³-hybridized carbons (Fsp3) is 0.417. The summed E-state index contributed by atoms with van der Waals surface area (Å²) < 4.78 is 11.3. The minimum atomic E-state index is -0.947. The van der Waals surface area contributed by atoms with E-state index in [4.69, 9.17) is 9.47 Å². The molecule has 0 saturated heterocycles. The Hall–Kier alpha value is -3.22. The SMILES string of the molecule is CC(C)(C)OC(=O)[C@H](Cc1ccc(OC(C)(C)C)cc1)NC(=O)c1ccc(O)c(O)c1. The van der Waals surface area contributed by atoms with Gasteiger partial charge in [0, 0.05) is 12.0 Å². The lowest BCUT2D eigenvalue weighted by atomic mass is 10.0. The molecule has 168 valence electrons. The average molecular weight is 430 g/mol. The number of phenolic OH excluding ortho intramolecular Hbond substituents is 2. The van der Waals surface area contributed by atoms with Gasteiger partial charge in [0.2, 0.25) is 0 Å². The van der Waals surface area contributed by atoms with E-state index in [9.17, 15) is 19.8 Å². The molecule has 0 aliphatic carbocycles. The van der Waals surface area contributed by atoms with Gasteiger partial charge in [-0.15, -0.1) is 0 Å². The number of nitrogens with one attached hydrogen (secondary N) is 1. The van der Waals surface area contributed by atoms with Crippen LogP contribution in [0.5, 0.6) is 17.2 Å². The molecule has 0 aromatic heterocycles. The highest BCUT2D eigenvalue weighted by atomic mass is 16.6. The summed E-state index contributed by atoms with van der Waals surface area (Å²) in [5.41, 5.74) is -0.130. The Morgan fingerprint density at radius 2 is 1.52 bits per heavy atom. The second-order valence-electron chi connectivity index (χ2n) is 9.33. The van der Waals surface area contributed by atoms with Crippen molar-refractivity contribution in [3.63, 3.8) is 0 Å². The van der Waals surface area contributed by atoms with Gasteiger partial charge in [0.1, 0.15) is 23.0 Å². The number of amides is 1. The molecular weight excluding hydrogens is 398 g/mol. The number of hydrogen-bond donors (Lipinski definition) is 3. The van der Waals surface area contributed by atoms with Gasteiger partial charge in [0.25, 0.3) is 5.91 Å². The number of aromatic hydroxyl groups is 2. The molecule has 2 aromatic rings. The summed E-state index contributed by atoms with van der Waals surface area (Å²) in [6.45, 7) is 11.1. The van der Waals surface area contributed by atoms with E-state index in [1.165, 1.54) is 12.1 Å². The molecule has 0 saturated carbocycles. The largest absolute Gasteiger partial charge is 0.504 e. The summed E-state index contributed by atoms with van der Waals surface area (Å²) >= 11 is 0. The summed E-state index contributed by atoms with van der Waals surface area (Å²) in [4.78, 5) is 25.4. The first-order valence-electron chi connectivity index (χ1n) is 10.1. The van der Waals surface area contributed by atoms with Crippen LogP contribution in [0.15, 0.2) is 42.5 Å². The van der Waals surface area contributed by atoms with Crippen LogP contribution in [0.1, 0.15) is 57.5 Å². The van der Waals surface area contributed by atoms with Crippen molar-refractivity contribution < 1.29 is 29.3 Å². The van der Waals surface area contributed by atoms with Crippen molar-refractivity contribution in [2.24, 2.45) is 0 Å². The highest BCUT2D eigenvalue weighted by Gasteiger charge is 2.27. The number of carbonyl (C=O) groups excluding carboxylic acids is 2. The van der Waals surface area contributed by atoms with Gasteiger partial charge in [0.15, 0.2) is 11.5 Å². The molecule has 0 radical (unpaired) electrons. The highest BCUT2D eigenvalue weighted by Crippen LogP contribution is 2.25. The molecule has 0 aliphatic heterocycles. The first-order chi connectivity index (χ1) is 14.2. The molecule has 3 N–H and O–H groups in total. The lowest BCUT2D eigenvalue weighted by Gasteiger charge is -2.25. The molecule has 31 heavy (non-hydrogen) atoms. The van der Waals surface area contributed by atoms with E-state index < -0.39 is 29.3 Å². The van der Waals surface area contributed by atoms with E-state index in [2.05, 4.69) is 5.32 Å². The Balaban J connectivity index is 2.21. The highest BCUT2D eigenvalue weighted by molar-refractivity contribution is 5.97. The Labute approximate surface area is 183 Å². The maximum atomic E-state index is 12.8. The van der Waals surface area contributed by atoms with Gasteiger partial charge in [-0.3, -0.25) is 4.79 Å². The van der Waals surface area contributed by atoms with E-state index in [0.29, 0.717) is 5.75 Å². The van der Waals surface area contributed by atoms with Crippen LogP contribution in [0.4, 0.5) is 0 Å². The first kappa shape index (κ1) is 24.1. The first-order valence-corrected chi connectivity index (χ1v) is 10.1. The normalized spacial score (nSPS) is 12.7. The number of ether oxygens (including phenoxy) is 2. The molecule has 0 fully saturated rings.